The van der Waals surface area contributed by atoms with Crippen LogP contribution in [-0.4, -0.2) is 32.2 Å². The second-order valence-corrected chi connectivity index (χ2v) is 7.75. The van der Waals surface area contributed by atoms with Gasteiger partial charge in [-0.3, -0.25) is 14.5 Å². The Labute approximate surface area is 178 Å². The van der Waals surface area contributed by atoms with Crippen molar-refractivity contribution in [3.05, 3.63) is 65.5 Å². The van der Waals surface area contributed by atoms with Crippen molar-refractivity contribution >= 4 is 28.3 Å². The van der Waals surface area contributed by atoms with Gasteiger partial charge in [-0.05, 0) is 48.6 Å². The minimum Gasteiger partial charge on any atom is -0.354 e. The molecule has 0 radical (unpaired) electrons. The van der Waals surface area contributed by atoms with E-state index < -0.39 is 0 Å². The number of aryl methyl sites for hydroxylation is 2. The molecule has 1 amide bonds. The lowest BCUT2D eigenvalue weighted by Gasteiger charge is -2.12. The van der Waals surface area contributed by atoms with Gasteiger partial charge in [0, 0.05) is 59.8 Å². The zero-order valence-electron chi connectivity index (χ0n) is 17.2. The largest absolute Gasteiger partial charge is 0.354 e. The van der Waals surface area contributed by atoms with Crippen molar-refractivity contribution in [2.24, 2.45) is 0 Å². The predicted molar refractivity (Wildman–Crippen MR) is 117 cm³/mol. The number of nitrogens with one attached hydrogen (secondary N) is 2. The third kappa shape index (κ3) is 3.50. The van der Waals surface area contributed by atoms with E-state index in [0.717, 1.165) is 34.0 Å². The van der Waals surface area contributed by atoms with E-state index in [1.165, 1.54) is 0 Å². The van der Waals surface area contributed by atoms with Gasteiger partial charge in [-0.25, -0.2) is 9.37 Å². The first kappa shape index (κ1) is 19.2. The summed E-state index contributed by atoms with van der Waals surface area (Å²) in [6, 6.07) is 7.51. The number of halogens is 1. The van der Waals surface area contributed by atoms with E-state index in [1.807, 2.05) is 31.2 Å². The fourth-order valence-corrected chi connectivity index (χ4v) is 3.96. The third-order valence-corrected chi connectivity index (χ3v) is 5.65. The summed E-state index contributed by atoms with van der Waals surface area (Å²) < 4.78 is 16.8. The maximum atomic E-state index is 15.1. The number of carbonyl (C=O) groups is 1. The molecule has 7 nitrogen and oxygen atoms in total. The zero-order valence-corrected chi connectivity index (χ0v) is 17.2. The number of fused-ring (bicyclic) bond motifs is 2. The van der Waals surface area contributed by atoms with E-state index in [0.29, 0.717) is 29.3 Å². The summed E-state index contributed by atoms with van der Waals surface area (Å²) in [5.41, 5.74) is 3.78. The molecule has 1 aliphatic heterocycles. The summed E-state index contributed by atoms with van der Waals surface area (Å²) in [4.78, 5) is 20.4. The summed E-state index contributed by atoms with van der Waals surface area (Å²) in [5.74, 6) is 0.916. The van der Waals surface area contributed by atoms with Crippen molar-refractivity contribution < 1.29 is 9.18 Å². The topological polar surface area (TPSA) is 84.7 Å². The normalized spacial score (nSPS) is 13.6. The molecule has 0 bridgehead atoms. The summed E-state index contributed by atoms with van der Waals surface area (Å²) in [6.45, 7) is 4.51. The number of anilines is 2. The smallest absolute Gasteiger partial charge is 0.241 e. The van der Waals surface area contributed by atoms with Crippen LogP contribution in [0.3, 0.4) is 0 Å². The molecule has 156 valence electrons. The number of hydrogen-bond acceptors (Lipinski definition) is 5. The zero-order chi connectivity index (χ0) is 21.5. The van der Waals surface area contributed by atoms with Crippen molar-refractivity contribution in [1.29, 1.82) is 0 Å². The SMILES string of the molecule is Cc1ccncc1-c1cc2cc(Nc3cc4n(n3)CC(=O)NCC4)ncc2c(C)c1F. The van der Waals surface area contributed by atoms with Crippen LogP contribution in [0.25, 0.3) is 21.9 Å². The highest BCUT2D eigenvalue weighted by molar-refractivity contribution is 5.92. The van der Waals surface area contributed by atoms with Crippen molar-refractivity contribution in [3.63, 3.8) is 0 Å². The number of benzene rings is 1. The number of rotatable bonds is 3. The maximum Gasteiger partial charge on any atom is 0.241 e. The van der Waals surface area contributed by atoms with Crippen LogP contribution >= 0.6 is 0 Å². The fraction of sp³-hybridized carbons (Fsp3) is 0.217. The van der Waals surface area contributed by atoms with E-state index in [-0.39, 0.29) is 18.3 Å². The molecule has 1 aromatic carbocycles. The lowest BCUT2D eigenvalue weighted by atomic mass is 9.96. The molecule has 0 aliphatic carbocycles. The van der Waals surface area contributed by atoms with E-state index in [4.69, 9.17) is 0 Å². The first-order valence-corrected chi connectivity index (χ1v) is 10.1. The van der Waals surface area contributed by atoms with Crippen molar-refractivity contribution in [3.8, 4) is 11.1 Å². The molecule has 4 aromatic rings. The summed E-state index contributed by atoms with van der Waals surface area (Å²) in [5, 5.41) is 12.2. The second-order valence-electron chi connectivity index (χ2n) is 7.75. The highest BCUT2D eigenvalue weighted by Gasteiger charge is 2.17. The van der Waals surface area contributed by atoms with E-state index in [2.05, 4.69) is 25.7 Å². The standard InChI is InChI=1S/C23H21FN6O/c1-13-3-5-25-10-18(13)17-7-15-8-20(27-11-19(15)14(2)23(17)24)28-21-9-16-4-6-26-22(31)12-30(16)29-21/h3,5,7-11H,4,6,12H2,1-2H3,(H,26,31)(H,27,28,29). The molecule has 8 heteroatoms. The number of nitrogens with zero attached hydrogens (tertiary/aromatic N) is 4. The van der Waals surface area contributed by atoms with Crippen molar-refractivity contribution in [2.45, 2.75) is 26.8 Å². The molecule has 4 heterocycles. The average molecular weight is 416 g/mol. The van der Waals surface area contributed by atoms with E-state index in [9.17, 15) is 4.79 Å². The monoisotopic (exact) mass is 416 g/mol. The quantitative estimate of drug-likeness (QED) is 0.532. The van der Waals surface area contributed by atoms with Crippen LogP contribution in [0.4, 0.5) is 16.0 Å². The molecule has 5 rings (SSSR count). The Morgan fingerprint density at radius 1 is 1.13 bits per heavy atom. The molecule has 2 N–H and O–H groups in total. The molecule has 3 aromatic heterocycles. The first-order chi connectivity index (χ1) is 15.0. The van der Waals surface area contributed by atoms with Crippen LogP contribution in [0.1, 0.15) is 16.8 Å². The van der Waals surface area contributed by atoms with Gasteiger partial charge in [-0.15, -0.1) is 0 Å². The molecular formula is C23H21FN6O. The lowest BCUT2D eigenvalue weighted by molar-refractivity contribution is -0.121. The number of pyridine rings is 2. The third-order valence-electron chi connectivity index (χ3n) is 5.65. The van der Waals surface area contributed by atoms with E-state index in [1.54, 1.807) is 30.2 Å². The number of amides is 1. The Bertz CT molecular complexity index is 1330. The highest BCUT2D eigenvalue weighted by atomic mass is 19.1. The maximum absolute atomic E-state index is 15.1. The number of carbonyl (C=O) groups excluding carboxylic acids is 1. The Kier molecular flexibility index (Phi) is 4.62. The Hall–Kier alpha value is -3.81. The Morgan fingerprint density at radius 3 is 2.84 bits per heavy atom. The summed E-state index contributed by atoms with van der Waals surface area (Å²) in [7, 11) is 0. The average Bonchev–Trinajstić information content (AvgIpc) is 3.02. The molecular weight excluding hydrogens is 395 g/mol. The molecule has 31 heavy (non-hydrogen) atoms. The van der Waals surface area contributed by atoms with Gasteiger partial charge in [0.25, 0.3) is 0 Å². The van der Waals surface area contributed by atoms with Gasteiger partial charge in [-0.1, -0.05) is 0 Å². The first-order valence-electron chi connectivity index (χ1n) is 10.1. The second kappa shape index (κ2) is 7.46. The van der Waals surface area contributed by atoms with Crippen LogP contribution in [0.2, 0.25) is 0 Å². The lowest BCUT2D eigenvalue weighted by Crippen LogP contribution is -2.25. The van der Waals surface area contributed by atoms with Crippen molar-refractivity contribution in [2.75, 3.05) is 11.9 Å². The van der Waals surface area contributed by atoms with Crippen LogP contribution in [-0.2, 0) is 17.8 Å². The van der Waals surface area contributed by atoms with E-state index >= 15 is 4.39 Å². The molecule has 0 fully saturated rings. The van der Waals surface area contributed by atoms with Crippen LogP contribution < -0.4 is 10.6 Å². The minimum atomic E-state index is -0.262. The van der Waals surface area contributed by atoms with Gasteiger partial charge in [0.15, 0.2) is 5.82 Å². The van der Waals surface area contributed by atoms with Gasteiger partial charge in [0.05, 0.1) is 0 Å². The summed E-state index contributed by atoms with van der Waals surface area (Å²) >= 11 is 0. The fourth-order valence-electron chi connectivity index (χ4n) is 3.96. The van der Waals surface area contributed by atoms with Crippen molar-refractivity contribution in [1.82, 2.24) is 25.1 Å². The molecule has 0 atom stereocenters. The summed E-state index contributed by atoms with van der Waals surface area (Å²) in [6.07, 6.45) is 5.78. The molecule has 1 aliphatic rings. The molecule has 0 unspecified atom stereocenters. The predicted octanol–water partition coefficient (Wildman–Crippen LogP) is 3.67. The van der Waals surface area contributed by atoms with Gasteiger partial charge in [0.2, 0.25) is 5.91 Å². The van der Waals surface area contributed by atoms with Crippen LogP contribution in [0, 0.1) is 19.7 Å². The van der Waals surface area contributed by atoms with Crippen LogP contribution in [0.5, 0.6) is 0 Å². The van der Waals surface area contributed by atoms with Gasteiger partial charge < -0.3 is 10.6 Å². The Balaban J connectivity index is 1.53. The molecule has 0 spiro atoms. The minimum absolute atomic E-state index is 0.0482. The van der Waals surface area contributed by atoms with Crippen LogP contribution in [0.15, 0.2) is 42.9 Å². The number of hydrogen-bond donors (Lipinski definition) is 2. The highest BCUT2D eigenvalue weighted by Crippen LogP contribution is 2.33. The molecule has 0 saturated carbocycles. The van der Waals surface area contributed by atoms with Gasteiger partial charge in [-0.2, -0.15) is 5.10 Å². The Morgan fingerprint density at radius 2 is 2.00 bits per heavy atom. The van der Waals surface area contributed by atoms with Gasteiger partial charge >= 0.3 is 0 Å². The number of aromatic nitrogens is 4. The van der Waals surface area contributed by atoms with Gasteiger partial charge in [0.1, 0.15) is 18.2 Å². The molecule has 0 saturated heterocycles.